The highest BCUT2D eigenvalue weighted by atomic mass is 32.1. The summed E-state index contributed by atoms with van der Waals surface area (Å²) >= 11 is 1.42. The van der Waals surface area contributed by atoms with Crippen LogP contribution in [0.15, 0.2) is 48.5 Å². The molecule has 168 valence electrons. The van der Waals surface area contributed by atoms with E-state index in [1.165, 1.54) is 17.1 Å². The Hall–Kier alpha value is -3.33. The van der Waals surface area contributed by atoms with E-state index in [-0.39, 0.29) is 6.03 Å². The highest BCUT2D eigenvalue weighted by molar-refractivity contribution is 7.09. The van der Waals surface area contributed by atoms with Crippen molar-refractivity contribution in [2.24, 2.45) is 0 Å². The molecule has 2 aromatic carbocycles. The number of carbonyl (C=O) groups excluding carboxylic acids is 1. The molecule has 1 aliphatic rings. The number of benzene rings is 2. The first-order chi connectivity index (χ1) is 15.6. The monoisotopic (exact) mass is 453 g/mol. The number of methoxy groups -OCH3 is 2. The number of nitrogens with zero attached hydrogens (tertiary/aromatic N) is 4. The van der Waals surface area contributed by atoms with Crippen molar-refractivity contribution >= 4 is 28.4 Å². The van der Waals surface area contributed by atoms with Crippen molar-refractivity contribution in [1.29, 1.82) is 0 Å². The molecule has 1 N–H and O–H groups in total. The minimum atomic E-state index is -0.135. The first-order valence-corrected chi connectivity index (χ1v) is 11.3. The second kappa shape index (κ2) is 10.3. The molecular weight excluding hydrogens is 426 g/mol. The van der Waals surface area contributed by atoms with E-state index in [2.05, 4.69) is 26.7 Å². The van der Waals surface area contributed by atoms with Crippen molar-refractivity contribution in [2.75, 3.05) is 50.6 Å². The van der Waals surface area contributed by atoms with E-state index in [0.29, 0.717) is 30.3 Å². The van der Waals surface area contributed by atoms with Crippen molar-refractivity contribution in [1.82, 2.24) is 14.3 Å². The lowest BCUT2D eigenvalue weighted by Gasteiger charge is -2.22. The predicted molar refractivity (Wildman–Crippen MR) is 126 cm³/mol. The van der Waals surface area contributed by atoms with Crippen molar-refractivity contribution < 1.29 is 14.3 Å². The Bertz CT molecular complexity index is 1020. The predicted octanol–water partition coefficient (Wildman–Crippen LogP) is 3.89. The van der Waals surface area contributed by atoms with Crippen LogP contribution in [-0.4, -0.2) is 60.7 Å². The van der Waals surface area contributed by atoms with Crippen LogP contribution in [0.2, 0.25) is 0 Å². The third kappa shape index (κ3) is 5.47. The summed E-state index contributed by atoms with van der Waals surface area (Å²) in [5, 5.41) is 3.87. The number of ether oxygens (including phenoxy) is 2. The standard InChI is InChI=1S/C23H27N5O3S/c1-30-19-14-18(15-20(16-19)31-2)24-22(29)27-9-6-10-28(12-11-27)23-25-21(26-32-23)13-17-7-4-3-5-8-17/h3-5,7-8,14-16H,6,9-13H2,1-2H3,(H,24,29). The third-order valence-corrected chi connectivity index (χ3v) is 6.13. The lowest BCUT2D eigenvalue weighted by molar-refractivity contribution is 0.215. The number of carbonyl (C=O) groups is 1. The Kier molecular flexibility index (Phi) is 7.06. The molecule has 0 atom stereocenters. The molecule has 0 unspecified atom stereocenters. The van der Waals surface area contributed by atoms with Gasteiger partial charge in [-0.15, -0.1) is 0 Å². The highest BCUT2D eigenvalue weighted by Crippen LogP contribution is 2.26. The number of hydrogen-bond donors (Lipinski definition) is 1. The SMILES string of the molecule is COc1cc(NC(=O)N2CCCN(c3nc(Cc4ccccc4)ns3)CC2)cc(OC)c1. The number of hydrogen-bond acceptors (Lipinski definition) is 7. The number of amides is 2. The quantitative estimate of drug-likeness (QED) is 0.610. The Morgan fingerprint density at radius 3 is 2.50 bits per heavy atom. The summed E-state index contributed by atoms with van der Waals surface area (Å²) in [5.74, 6) is 2.09. The van der Waals surface area contributed by atoms with Crippen LogP contribution in [0.1, 0.15) is 17.8 Å². The van der Waals surface area contributed by atoms with Gasteiger partial charge in [0.2, 0.25) is 5.13 Å². The molecule has 0 spiro atoms. The van der Waals surface area contributed by atoms with Crippen LogP contribution in [0, 0.1) is 0 Å². The molecule has 3 aromatic rings. The molecule has 0 aliphatic carbocycles. The Morgan fingerprint density at radius 1 is 1.03 bits per heavy atom. The lowest BCUT2D eigenvalue weighted by atomic mass is 10.1. The Balaban J connectivity index is 1.35. The topological polar surface area (TPSA) is 79.8 Å². The average Bonchev–Trinajstić information content (AvgIpc) is 3.13. The van der Waals surface area contributed by atoms with Gasteiger partial charge >= 0.3 is 6.03 Å². The smallest absolute Gasteiger partial charge is 0.321 e. The minimum Gasteiger partial charge on any atom is -0.497 e. The normalized spacial score (nSPS) is 14.1. The van der Waals surface area contributed by atoms with Crippen LogP contribution in [0.4, 0.5) is 15.6 Å². The summed E-state index contributed by atoms with van der Waals surface area (Å²) in [4.78, 5) is 21.6. The number of urea groups is 1. The molecule has 0 radical (unpaired) electrons. The summed E-state index contributed by atoms with van der Waals surface area (Å²) in [6.45, 7) is 2.85. The lowest BCUT2D eigenvalue weighted by Crippen LogP contribution is -2.38. The maximum Gasteiger partial charge on any atom is 0.321 e. The van der Waals surface area contributed by atoms with Gasteiger partial charge in [0.25, 0.3) is 0 Å². The molecule has 2 heterocycles. The van der Waals surface area contributed by atoms with E-state index < -0.39 is 0 Å². The van der Waals surface area contributed by atoms with Crippen LogP contribution in [0.3, 0.4) is 0 Å². The average molecular weight is 454 g/mol. The van der Waals surface area contributed by atoms with E-state index in [1.54, 1.807) is 32.4 Å². The van der Waals surface area contributed by atoms with Crippen molar-refractivity contribution in [3.05, 3.63) is 59.9 Å². The van der Waals surface area contributed by atoms with E-state index in [4.69, 9.17) is 14.5 Å². The van der Waals surface area contributed by atoms with Crippen molar-refractivity contribution in [3.8, 4) is 11.5 Å². The van der Waals surface area contributed by atoms with Crippen LogP contribution < -0.4 is 19.7 Å². The van der Waals surface area contributed by atoms with Crippen LogP contribution in [0.5, 0.6) is 11.5 Å². The summed E-state index contributed by atoms with van der Waals surface area (Å²) in [6, 6.07) is 15.4. The molecule has 1 aliphatic heterocycles. The minimum absolute atomic E-state index is 0.135. The van der Waals surface area contributed by atoms with E-state index >= 15 is 0 Å². The highest BCUT2D eigenvalue weighted by Gasteiger charge is 2.22. The zero-order valence-corrected chi connectivity index (χ0v) is 19.1. The molecule has 0 bridgehead atoms. The molecule has 32 heavy (non-hydrogen) atoms. The number of anilines is 2. The summed E-state index contributed by atoms with van der Waals surface area (Å²) in [5.41, 5.74) is 1.84. The fourth-order valence-electron chi connectivity index (χ4n) is 3.62. The van der Waals surface area contributed by atoms with Gasteiger partial charge in [-0.2, -0.15) is 4.37 Å². The van der Waals surface area contributed by atoms with Gasteiger partial charge in [0.05, 0.1) is 14.2 Å². The number of rotatable bonds is 6. The Morgan fingerprint density at radius 2 is 1.78 bits per heavy atom. The maximum atomic E-state index is 12.9. The van der Waals surface area contributed by atoms with Crippen molar-refractivity contribution in [2.45, 2.75) is 12.8 Å². The zero-order valence-electron chi connectivity index (χ0n) is 18.3. The van der Waals surface area contributed by atoms with Gasteiger partial charge in [0.15, 0.2) is 0 Å². The first kappa shape index (κ1) is 21.9. The molecular formula is C23H27N5O3S. The zero-order chi connectivity index (χ0) is 22.3. The van der Waals surface area contributed by atoms with E-state index in [9.17, 15) is 4.79 Å². The summed E-state index contributed by atoms with van der Waals surface area (Å²) < 4.78 is 15.1. The van der Waals surface area contributed by atoms with Gasteiger partial charge in [-0.25, -0.2) is 9.78 Å². The van der Waals surface area contributed by atoms with Gasteiger partial charge < -0.3 is 24.6 Å². The van der Waals surface area contributed by atoms with Crippen LogP contribution in [0.25, 0.3) is 0 Å². The van der Waals surface area contributed by atoms with Gasteiger partial charge in [-0.3, -0.25) is 0 Å². The van der Waals surface area contributed by atoms with Gasteiger partial charge in [0.1, 0.15) is 17.3 Å². The van der Waals surface area contributed by atoms with Gasteiger partial charge in [-0.1, -0.05) is 30.3 Å². The van der Waals surface area contributed by atoms with Gasteiger partial charge in [-0.05, 0) is 12.0 Å². The third-order valence-electron chi connectivity index (χ3n) is 5.32. The van der Waals surface area contributed by atoms with Crippen LogP contribution in [-0.2, 0) is 6.42 Å². The molecule has 1 fully saturated rings. The molecule has 9 heteroatoms. The Labute approximate surface area is 192 Å². The van der Waals surface area contributed by atoms with Crippen molar-refractivity contribution in [3.63, 3.8) is 0 Å². The largest absolute Gasteiger partial charge is 0.497 e. The fourth-order valence-corrected chi connectivity index (χ4v) is 4.35. The summed E-state index contributed by atoms with van der Waals surface area (Å²) in [6.07, 6.45) is 1.59. The first-order valence-electron chi connectivity index (χ1n) is 10.5. The number of nitrogens with one attached hydrogen (secondary N) is 1. The molecule has 1 saturated heterocycles. The fraction of sp³-hybridized carbons (Fsp3) is 0.348. The molecule has 2 amide bonds. The van der Waals surface area contributed by atoms with Gasteiger partial charge in [0, 0.05) is 68.0 Å². The molecule has 4 rings (SSSR count). The van der Waals surface area contributed by atoms with Crippen LogP contribution >= 0.6 is 11.5 Å². The molecule has 8 nitrogen and oxygen atoms in total. The molecule has 0 saturated carbocycles. The second-order valence-electron chi connectivity index (χ2n) is 7.51. The van der Waals surface area contributed by atoms with E-state index in [1.807, 2.05) is 23.1 Å². The summed E-state index contributed by atoms with van der Waals surface area (Å²) in [7, 11) is 3.17. The number of aromatic nitrogens is 2. The molecule has 1 aromatic heterocycles. The maximum absolute atomic E-state index is 12.9. The van der Waals surface area contributed by atoms with E-state index in [0.717, 1.165) is 36.9 Å². The second-order valence-corrected chi connectivity index (χ2v) is 8.24.